The molecular formula is C9H8N2O2S. The topological polar surface area (TPSA) is 50.3 Å². The summed E-state index contributed by atoms with van der Waals surface area (Å²) in [4.78, 5) is 29.5. The van der Waals surface area contributed by atoms with Crippen LogP contribution in [-0.2, 0) is 0 Å². The maximum atomic E-state index is 11.8. The zero-order valence-corrected chi connectivity index (χ0v) is 8.43. The number of nitrogens with zero attached hydrogens (tertiary/aromatic N) is 2. The highest BCUT2D eigenvalue weighted by molar-refractivity contribution is 7.14. The largest absolute Gasteiger partial charge is 0.281 e. The molecule has 4 nitrogen and oxygen atoms in total. The molecule has 0 spiro atoms. The number of carbonyl (C=O) groups is 2. The quantitative estimate of drug-likeness (QED) is 0.652. The standard InChI is InChI=1S/C9H8N2O2S/c1-4-10-6-7(14-4)9(13)11(8(6)12)5-2-3-5/h5H,2-3H2,1H3. The third-order valence-electron chi connectivity index (χ3n) is 2.48. The molecule has 2 heterocycles. The Hall–Kier alpha value is -1.23. The Balaban J connectivity index is 2.09. The van der Waals surface area contributed by atoms with E-state index in [1.54, 1.807) is 0 Å². The molecule has 2 amide bonds. The predicted octanol–water partition coefficient (Wildman–Crippen LogP) is 1.21. The number of thiazole rings is 1. The van der Waals surface area contributed by atoms with Crippen LogP contribution in [0.5, 0.6) is 0 Å². The third-order valence-corrected chi connectivity index (χ3v) is 3.44. The number of hydrogen-bond acceptors (Lipinski definition) is 4. The third kappa shape index (κ3) is 0.901. The Morgan fingerprint density at radius 3 is 2.64 bits per heavy atom. The Kier molecular flexibility index (Phi) is 1.40. The van der Waals surface area contributed by atoms with Crippen molar-refractivity contribution >= 4 is 23.2 Å². The lowest BCUT2D eigenvalue weighted by Gasteiger charge is -2.11. The second-order valence-electron chi connectivity index (χ2n) is 3.62. The first kappa shape index (κ1) is 8.11. The van der Waals surface area contributed by atoms with E-state index in [9.17, 15) is 9.59 Å². The zero-order chi connectivity index (χ0) is 9.87. The number of imide groups is 1. The molecule has 0 unspecified atom stereocenters. The molecule has 0 N–H and O–H groups in total. The van der Waals surface area contributed by atoms with Gasteiger partial charge < -0.3 is 0 Å². The van der Waals surface area contributed by atoms with Crippen LogP contribution in [0.4, 0.5) is 0 Å². The Morgan fingerprint density at radius 1 is 1.36 bits per heavy atom. The van der Waals surface area contributed by atoms with Crippen LogP contribution in [0.25, 0.3) is 0 Å². The van der Waals surface area contributed by atoms with Crippen LogP contribution in [0.3, 0.4) is 0 Å². The van der Waals surface area contributed by atoms with Crippen LogP contribution in [-0.4, -0.2) is 27.7 Å². The predicted molar refractivity (Wildman–Crippen MR) is 50.4 cm³/mol. The highest BCUT2D eigenvalue weighted by atomic mass is 32.1. The Labute approximate surface area is 84.6 Å². The van der Waals surface area contributed by atoms with Crippen molar-refractivity contribution in [3.8, 4) is 0 Å². The highest BCUT2D eigenvalue weighted by Crippen LogP contribution is 2.36. The molecule has 2 aliphatic rings. The molecule has 0 atom stereocenters. The van der Waals surface area contributed by atoms with Crippen LogP contribution < -0.4 is 0 Å². The van der Waals surface area contributed by atoms with Crippen molar-refractivity contribution < 1.29 is 9.59 Å². The minimum Gasteiger partial charge on any atom is -0.269 e. The lowest BCUT2D eigenvalue weighted by Crippen LogP contribution is -2.32. The highest BCUT2D eigenvalue weighted by Gasteiger charge is 2.46. The van der Waals surface area contributed by atoms with Crippen molar-refractivity contribution in [3.05, 3.63) is 15.6 Å². The van der Waals surface area contributed by atoms with Gasteiger partial charge in [0.15, 0.2) is 5.69 Å². The molecule has 14 heavy (non-hydrogen) atoms. The molecule has 0 bridgehead atoms. The van der Waals surface area contributed by atoms with Gasteiger partial charge in [-0.15, -0.1) is 11.3 Å². The first-order chi connectivity index (χ1) is 6.68. The number of aromatic nitrogens is 1. The summed E-state index contributed by atoms with van der Waals surface area (Å²) in [6.45, 7) is 1.81. The SMILES string of the molecule is Cc1nc2c(s1)C(=O)N(C1CC1)C2=O. The molecule has 0 aromatic carbocycles. The fraction of sp³-hybridized carbons (Fsp3) is 0.444. The first-order valence-corrected chi connectivity index (χ1v) is 5.35. The van der Waals surface area contributed by atoms with Gasteiger partial charge in [-0.25, -0.2) is 4.98 Å². The van der Waals surface area contributed by atoms with Crippen LogP contribution in [0.15, 0.2) is 0 Å². The summed E-state index contributed by atoms with van der Waals surface area (Å²) in [5.41, 5.74) is 0.365. The summed E-state index contributed by atoms with van der Waals surface area (Å²) in [5, 5.41) is 0.784. The van der Waals surface area contributed by atoms with Crippen LogP contribution >= 0.6 is 11.3 Å². The summed E-state index contributed by atoms with van der Waals surface area (Å²) < 4.78 is 0. The van der Waals surface area contributed by atoms with Crippen molar-refractivity contribution in [2.45, 2.75) is 25.8 Å². The van der Waals surface area contributed by atoms with Gasteiger partial charge in [0.2, 0.25) is 0 Å². The average Bonchev–Trinajstić information content (AvgIpc) is 2.83. The van der Waals surface area contributed by atoms with Gasteiger partial charge >= 0.3 is 0 Å². The van der Waals surface area contributed by atoms with Crippen LogP contribution in [0.1, 0.15) is 38.0 Å². The van der Waals surface area contributed by atoms with Gasteiger partial charge in [0.05, 0.1) is 5.01 Å². The normalized spacial score (nSPS) is 20.5. The number of carbonyl (C=O) groups excluding carboxylic acids is 2. The average molecular weight is 208 g/mol. The van der Waals surface area contributed by atoms with E-state index in [1.165, 1.54) is 16.2 Å². The van der Waals surface area contributed by atoms with Crippen molar-refractivity contribution in [1.29, 1.82) is 0 Å². The molecule has 0 saturated heterocycles. The molecule has 1 fully saturated rings. The molecule has 1 aliphatic carbocycles. The van der Waals surface area contributed by atoms with Crippen molar-refractivity contribution in [2.75, 3.05) is 0 Å². The molecule has 1 aromatic heterocycles. The second-order valence-corrected chi connectivity index (χ2v) is 4.83. The van der Waals surface area contributed by atoms with E-state index in [2.05, 4.69) is 4.98 Å². The monoisotopic (exact) mass is 208 g/mol. The molecule has 1 saturated carbocycles. The molecule has 1 aliphatic heterocycles. The number of fused-ring (bicyclic) bond motifs is 1. The number of amides is 2. The summed E-state index contributed by atoms with van der Waals surface area (Å²) in [7, 11) is 0. The summed E-state index contributed by atoms with van der Waals surface area (Å²) >= 11 is 1.31. The van der Waals surface area contributed by atoms with E-state index < -0.39 is 0 Å². The molecule has 3 rings (SSSR count). The number of hydrogen-bond donors (Lipinski definition) is 0. The van der Waals surface area contributed by atoms with Crippen LogP contribution in [0.2, 0.25) is 0 Å². The van der Waals surface area contributed by atoms with E-state index >= 15 is 0 Å². The molecule has 5 heteroatoms. The van der Waals surface area contributed by atoms with E-state index in [4.69, 9.17) is 0 Å². The lowest BCUT2D eigenvalue weighted by atomic mass is 10.4. The lowest BCUT2D eigenvalue weighted by molar-refractivity contribution is 0.0641. The molecule has 1 aromatic rings. The maximum absolute atomic E-state index is 11.8. The van der Waals surface area contributed by atoms with Gasteiger partial charge in [0, 0.05) is 6.04 Å². The maximum Gasteiger partial charge on any atom is 0.281 e. The van der Waals surface area contributed by atoms with E-state index in [0.29, 0.717) is 10.6 Å². The zero-order valence-electron chi connectivity index (χ0n) is 7.61. The van der Waals surface area contributed by atoms with Gasteiger partial charge in [-0.3, -0.25) is 14.5 Å². The van der Waals surface area contributed by atoms with Gasteiger partial charge in [-0.2, -0.15) is 0 Å². The van der Waals surface area contributed by atoms with Gasteiger partial charge in [0.25, 0.3) is 11.8 Å². The Morgan fingerprint density at radius 2 is 2.07 bits per heavy atom. The first-order valence-electron chi connectivity index (χ1n) is 4.54. The fourth-order valence-electron chi connectivity index (χ4n) is 1.70. The minimum atomic E-state index is -0.197. The fourth-order valence-corrected chi connectivity index (χ4v) is 2.54. The molecule has 0 radical (unpaired) electrons. The second kappa shape index (κ2) is 2.42. The van der Waals surface area contributed by atoms with Gasteiger partial charge in [0.1, 0.15) is 4.88 Å². The number of rotatable bonds is 1. The molecular weight excluding hydrogens is 200 g/mol. The van der Waals surface area contributed by atoms with E-state index in [-0.39, 0.29) is 17.9 Å². The van der Waals surface area contributed by atoms with Gasteiger partial charge in [-0.1, -0.05) is 0 Å². The van der Waals surface area contributed by atoms with E-state index in [1.807, 2.05) is 6.92 Å². The Bertz CT molecular complexity index is 414. The van der Waals surface area contributed by atoms with Gasteiger partial charge in [-0.05, 0) is 19.8 Å². The van der Waals surface area contributed by atoms with Crippen molar-refractivity contribution in [1.82, 2.24) is 9.88 Å². The van der Waals surface area contributed by atoms with Crippen molar-refractivity contribution in [3.63, 3.8) is 0 Å². The van der Waals surface area contributed by atoms with E-state index in [0.717, 1.165) is 17.8 Å². The minimum absolute atomic E-state index is 0.141. The van der Waals surface area contributed by atoms with Crippen molar-refractivity contribution in [2.24, 2.45) is 0 Å². The number of aryl methyl sites for hydroxylation is 1. The summed E-state index contributed by atoms with van der Waals surface area (Å²) in [5.74, 6) is -0.338. The summed E-state index contributed by atoms with van der Waals surface area (Å²) in [6.07, 6.45) is 1.90. The van der Waals surface area contributed by atoms with Crippen LogP contribution in [0, 0.1) is 6.92 Å². The smallest absolute Gasteiger partial charge is 0.269 e. The summed E-state index contributed by atoms with van der Waals surface area (Å²) in [6, 6.07) is 0.150. The molecule has 72 valence electrons.